The molecule has 0 aliphatic carbocycles. The molecule has 0 amide bonds. The van der Waals surface area contributed by atoms with Crippen molar-refractivity contribution in [3.63, 3.8) is 0 Å². The van der Waals surface area contributed by atoms with Crippen molar-refractivity contribution in [2.45, 2.75) is 25.9 Å². The van der Waals surface area contributed by atoms with Gasteiger partial charge in [0, 0.05) is 12.0 Å². The van der Waals surface area contributed by atoms with E-state index >= 15 is 0 Å². The minimum Gasteiger partial charge on any atom is -0.221 e. The lowest BCUT2D eigenvalue weighted by atomic mass is 10.3. The Kier molecular flexibility index (Phi) is 3.78. The molecule has 1 heterocycles. The van der Waals surface area contributed by atoms with E-state index in [1.54, 1.807) is 6.92 Å². The van der Waals surface area contributed by atoms with Crippen LogP contribution < -0.4 is 0 Å². The molecule has 1 aromatic heterocycles. The highest BCUT2D eigenvalue weighted by Gasteiger charge is 2.27. The van der Waals surface area contributed by atoms with Gasteiger partial charge in [-0.15, -0.1) is 0 Å². The predicted octanol–water partition coefficient (Wildman–Crippen LogP) is 3.59. The summed E-state index contributed by atoms with van der Waals surface area (Å²) in [6, 6.07) is 0. The summed E-state index contributed by atoms with van der Waals surface area (Å²) < 4.78 is 35.7. The Morgan fingerprint density at radius 1 is 1.13 bits per heavy atom. The van der Waals surface area contributed by atoms with Gasteiger partial charge in [-0.05, 0) is 6.92 Å². The third-order valence-corrected chi connectivity index (χ3v) is 2.44. The van der Waals surface area contributed by atoms with Crippen molar-refractivity contribution in [3.8, 4) is 0 Å². The number of halogens is 5. The molecule has 0 fully saturated rings. The maximum Gasteiger partial charge on any atom is 0.389 e. The van der Waals surface area contributed by atoms with Gasteiger partial charge in [-0.2, -0.15) is 13.2 Å². The van der Waals surface area contributed by atoms with Crippen molar-refractivity contribution in [1.29, 1.82) is 0 Å². The van der Waals surface area contributed by atoms with E-state index < -0.39 is 12.6 Å². The molecule has 2 nitrogen and oxygen atoms in total. The zero-order valence-corrected chi connectivity index (χ0v) is 9.21. The first-order valence-electron chi connectivity index (χ1n) is 4.05. The highest BCUT2D eigenvalue weighted by molar-refractivity contribution is 6.34. The molecule has 0 spiro atoms. The van der Waals surface area contributed by atoms with Crippen LogP contribution in [0.15, 0.2) is 0 Å². The normalized spacial score (nSPS) is 11.9. The van der Waals surface area contributed by atoms with Gasteiger partial charge in [0.05, 0.1) is 6.42 Å². The minimum absolute atomic E-state index is 0.00734. The predicted molar refractivity (Wildman–Crippen MR) is 51.2 cm³/mol. The molecule has 0 bridgehead atoms. The third-order valence-electron chi connectivity index (χ3n) is 1.71. The molecule has 0 aliphatic rings. The molecule has 0 unspecified atom stereocenters. The van der Waals surface area contributed by atoms with Crippen molar-refractivity contribution in [3.05, 3.63) is 21.7 Å². The van der Waals surface area contributed by atoms with Crippen LogP contribution in [0.4, 0.5) is 13.2 Å². The van der Waals surface area contributed by atoms with Crippen LogP contribution in [0.1, 0.15) is 17.8 Å². The van der Waals surface area contributed by atoms with Crippen LogP contribution in [0.5, 0.6) is 0 Å². The zero-order chi connectivity index (χ0) is 11.6. The van der Waals surface area contributed by atoms with Crippen molar-refractivity contribution in [2.75, 3.05) is 0 Å². The Hall–Kier alpha value is -0.550. The first kappa shape index (κ1) is 12.5. The number of hydrogen-bond acceptors (Lipinski definition) is 2. The number of nitrogens with zero attached hydrogens (tertiary/aromatic N) is 2. The van der Waals surface area contributed by atoms with Gasteiger partial charge in [0.15, 0.2) is 0 Å². The van der Waals surface area contributed by atoms with E-state index in [0.717, 1.165) is 0 Å². The molecule has 1 rings (SSSR count). The molecule has 0 aromatic carbocycles. The van der Waals surface area contributed by atoms with Crippen LogP contribution in [0, 0.1) is 6.92 Å². The summed E-state index contributed by atoms with van der Waals surface area (Å²) in [6.07, 6.45) is -5.53. The maximum atomic E-state index is 11.9. The van der Waals surface area contributed by atoms with Gasteiger partial charge in [0.1, 0.15) is 16.1 Å². The van der Waals surface area contributed by atoms with E-state index in [1.807, 2.05) is 0 Å². The highest BCUT2D eigenvalue weighted by Crippen LogP contribution is 2.24. The monoisotopic (exact) mass is 258 g/mol. The van der Waals surface area contributed by atoms with Gasteiger partial charge < -0.3 is 0 Å². The van der Waals surface area contributed by atoms with E-state index in [4.69, 9.17) is 23.2 Å². The molecule has 0 aliphatic heterocycles. The molecular weight excluding hydrogens is 252 g/mol. The second kappa shape index (κ2) is 4.53. The molecular formula is C8H7Cl2F3N2. The lowest BCUT2D eigenvalue weighted by Gasteiger charge is -2.06. The third kappa shape index (κ3) is 3.83. The fraction of sp³-hybridized carbons (Fsp3) is 0.500. The van der Waals surface area contributed by atoms with E-state index in [9.17, 15) is 13.2 Å². The Morgan fingerprint density at radius 3 is 2.00 bits per heavy atom. The van der Waals surface area contributed by atoms with Crippen LogP contribution in [0.2, 0.25) is 10.3 Å². The van der Waals surface area contributed by atoms with E-state index in [0.29, 0.717) is 5.56 Å². The SMILES string of the molecule is Cc1c(Cl)nc(CCC(F)(F)F)nc1Cl. The van der Waals surface area contributed by atoms with Crippen LogP contribution in [0.25, 0.3) is 0 Å². The van der Waals surface area contributed by atoms with Crippen LogP contribution in [-0.4, -0.2) is 16.1 Å². The summed E-state index contributed by atoms with van der Waals surface area (Å²) in [6.45, 7) is 1.60. The minimum atomic E-state index is -4.23. The van der Waals surface area contributed by atoms with E-state index in [2.05, 4.69) is 9.97 Å². The maximum absolute atomic E-state index is 11.9. The van der Waals surface area contributed by atoms with Gasteiger partial charge >= 0.3 is 6.18 Å². The Morgan fingerprint density at radius 2 is 1.60 bits per heavy atom. The lowest BCUT2D eigenvalue weighted by molar-refractivity contribution is -0.134. The molecule has 84 valence electrons. The summed E-state index contributed by atoms with van der Waals surface area (Å²) >= 11 is 11.3. The smallest absolute Gasteiger partial charge is 0.221 e. The summed E-state index contributed by atoms with van der Waals surface area (Å²) in [7, 11) is 0. The Bertz CT molecular complexity index is 342. The first-order chi connectivity index (χ1) is 6.79. The van der Waals surface area contributed by atoms with Gasteiger partial charge in [-0.3, -0.25) is 0 Å². The standard InChI is InChI=1S/C8H7Cl2F3N2/c1-4-6(9)14-5(15-7(4)10)2-3-8(11,12)13/h2-3H2,1H3. The summed E-state index contributed by atoms with van der Waals surface area (Å²) in [4.78, 5) is 7.41. The Balaban J connectivity index is 2.80. The number of aryl methyl sites for hydroxylation is 1. The van der Waals surface area contributed by atoms with Gasteiger partial charge in [0.25, 0.3) is 0 Å². The van der Waals surface area contributed by atoms with Gasteiger partial charge in [-0.25, -0.2) is 9.97 Å². The quantitative estimate of drug-likeness (QED) is 0.758. The molecule has 0 radical (unpaired) electrons. The fourth-order valence-electron chi connectivity index (χ4n) is 0.870. The molecule has 7 heteroatoms. The van der Waals surface area contributed by atoms with Crippen molar-refractivity contribution < 1.29 is 13.2 Å². The van der Waals surface area contributed by atoms with Crippen molar-refractivity contribution >= 4 is 23.2 Å². The zero-order valence-electron chi connectivity index (χ0n) is 7.70. The summed E-state index contributed by atoms with van der Waals surface area (Å²) in [5, 5.41) is 0.180. The molecule has 0 saturated heterocycles. The van der Waals surface area contributed by atoms with Crippen molar-refractivity contribution in [2.24, 2.45) is 0 Å². The van der Waals surface area contributed by atoms with Gasteiger partial charge in [-0.1, -0.05) is 23.2 Å². The molecule has 0 atom stereocenters. The molecule has 0 saturated carbocycles. The Labute approximate surface area is 94.4 Å². The van der Waals surface area contributed by atoms with E-state index in [1.165, 1.54) is 0 Å². The number of aromatic nitrogens is 2. The highest BCUT2D eigenvalue weighted by atomic mass is 35.5. The van der Waals surface area contributed by atoms with Crippen LogP contribution >= 0.6 is 23.2 Å². The average Bonchev–Trinajstić information content (AvgIpc) is 2.09. The van der Waals surface area contributed by atoms with Crippen LogP contribution in [0.3, 0.4) is 0 Å². The largest absolute Gasteiger partial charge is 0.389 e. The first-order valence-corrected chi connectivity index (χ1v) is 4.80. The van der Waals surface area contributed by atoms with Crippen molar-refractivity contribution in [1.82, 2.24) is 9.97 Å². The molecule has 15 heavy (non-hydrogen) atoms. The topological polar surface area (TPSA) is 25.8 Å². The average molecular weight is 259 g/mol. The summed E-state index contributed by atoms with van der Waals surface area (Å²) in [5.74, 6) is 0.00734. The molecule has 0 N–H and O–H groups in total. The lowest BCUT2D eigenvalue weighted by Crippen LogP contribution is -2.10. The fourth-order valence-corrected chi connectivity index (χ4v) is 1.29. The molecule has 1 aromatic rings. The second-order valence-electron chi connectivity index (χ2n) is 2.96. The number of alkyl halides is 3. The number of hydrogen-bond donors (Lipinski definition) is 0. The summed E-state index contributed by atoms with van der Waals surface area (Å²) in [5.41, 5.74) is 0.467. The van der Waals surface area contributed by atoms with Gasteiger partial charge in [0.2, 0.25) is 0 Å². The van der Waals surface area contributed by atoms with E-state index in [-0.39, 0.29) is 22.6 Å². The van der Waals surface area contributed by atoms with Crippen LogP contribution in [-0.2, 0) is 6.42 Å². The number of rotatable bonds is 2. The second-order valence-corrected chi connectivity index (χ2v) is 3.68.